The largest absolute Gasteiger partial charge is 0.337 e. The van der Waals surface area contributed by atoms with E-state index in [-0.39, 0.29) is 23.8 Å². The van der Waals surface area contributed by atoms with Crippen molar-refractivity contribution in [2.75, 3.05) is 13.1 Å². The Hall–Kier alpha value is -2.67. The van der Waals surface area contributed by atoms with E-state index in [0.717, 1.165) is 20.1 Å². The van der Waals surface area contributed by atoms with Gasteiger partial charge in [0.25, 0.3) is 21.8 Å². The summed E-state index contributed by atoms with van der Waals surface area (Å²) in [7, 11) is -4.47. The van der Waals surface area contributed by atoms with Gasteiger partial charge in [-0.25, -0.2) is 9.29 Å². The van der Waals surface area contributed by atoms with Crippen LogP contribution in [0.3, 0.4) is 0 Å². The lowest BCUT2D eigenvalue weighted by Gasteiger charge is -2.41. The van der Waals surface area contributed by atoms with Gasteiger partial charge in [0.1, 0.15) is 11.6 Å². The molecule has 1 aliphatic carbocycles. The van der Waals surface area contributed by atoms with Crippen LogP contribution in [0.2, 0.25) is 0 Å². The lowest BCUT2D eigenvalue weighted by Crippen LogP contribution is -2.64. The number of pyridine rings is 1. The number of Topliss-reactive ketones (excluding diaryl/α,β-unsaturated/α-hetero) is 1. The Labute approximate surface area is 223 Å². The SMILES string of the molecule is O=C(NC1(C(=O)N(C2CCCNCC2=O)S(=O)(=O)c2ccccn2)CCCCC1)c1cc2sccc2s1. The molecule has 37 heavy (non-hydrogen) atoms. The fraction of sp³-hybridized carbons (Fsp3) is 0.440. The van der Waals surface area contributed by atoms with Crippen molar-refractivity contribution in [1.29, 1.82) is 0 Å². The van der Waals surface area contributed by atoms with E-state index in [9.17, 15) is 22.8 Å². The molecule has 3 aromatic heterocycles. The van der Waals surface area contributed by atoms with Gasteiger partial charge in [0.15, 0.2) is 10.8 Å². The molecule has 4 heterocycles. The molecule has 0 spiro atoms. The first-order valence-electron chi connectivity index (χ1n) is 12.3. The molecule has 2 amide bonds. The summed E-state index contributed by atoms with van der Waals surface area (Å²) in [5.41, 5.74) is -1.44. The van der Waals surface area contributed by atoms with Crippen LogP contribution in [-0.2, 0) is 19.6 Å². The van der Waals surface area contributed by atoms with E-state index in [2.05, 4.69) is 15.6 Å². The van der Waals surface area contributed by atoms with Crippen molar-refractivity contribution in [2.45, 2.75) is 61.6 Å². The highest BCUT2D eigenvalue weighted by Gasteiger charge is 2.51. The molecular formula is C25H28N4O5S3. The molecule has 1 aliphatic heterocycles. The highest BCUT2D eigenvalue weighted by molar-refractivity contribution is 7.89. The van der Waals surface area contributed by atoms with Gasteiger partial charge in [0.05, 0.1) is 11.4 Å². The number of thiophene rings is 2. The number of amides is 2. The second-order valence-electron chi connectivity index (χ2n) is 9.43. The molecule has 5 rings (SSSR count). The third kappa shape index (κ3) is 5.07. The minimum Gasteiger partial charge on any atom is -0.337 e. The lowest BCUT2D eigenvalue weighted by atomic mass is 9.80. The number of nitrogens with one attached hydrogen (secondary N) is 2. The number of aromatic nitrogens is 1. The summed E-state index contributed by atoms with van der Waals surface area (Å²) >= 11 is 2.87. The van der Waals surface area contributed by atoms with E-state index >= 15 is 0 Å². The third-order valence-corrected chi connectivity index (χ3v) is 10.8. The number of carbonyl (C=O) groups excluding carboxylic acids is 3. The van der Waals surface area contributed by atoms with Crippen molar-refractivity contribution in [1.82, 2.24) is 19.9 Å². The first kappa shape index (κ1) is 26.0. The number of rotatable bonds is 6. The van der Waals surface area contributed by atoms with E-state index in [1.54, 1.807) is 12.1 Å². The summed E-state index contributed by atoms with van der Waals surface area (Å²) in [5.74, 6) is -1.54. The summed E-state index contributed by atoms with van der Waals surface area (Å²) < 4.78 is 30.5. The molecule has 2 fully saturated rings. The topological polar surface area (TPSA) is 126 Å². The molecule has 1 saturated carbocycles. The van der Waals surface area contributed by atoms with Gasteiger partial charge in [-0.2, -0.15) is 8.42 Å². The molecule has 196 valence electrons. The van der Waals surface area contributed by atoms with Crippen LogP contribution in [0.25, 0.3) is 9.40 Å². The van der Waals surface area contributed by atoms with Crippen LogP contribution in [0, 0.1) is 0 Å². The zero-order valence-electron chi connectivity index (χ0n) is 20.1. The van der Waals surface area contributed by atoms with Crippen molar-refractivity contribution >= 4 is 59.7 Å². The highest BCUT2D eigenvalue weighted by atomic mass is 32.2. The van der Waals surface area contributed by atoms with E-state index in [1.165, 1.54) is 41.0 Å². The molecule has 1 unspecified atom stereocenters. The van der Waals surface area contributed by atoms with Crippen LogP contribution in [-0.4, -0.2) is 60.0 Å². The van der Waals surface area contributed by atoms with Crippen molar-refractivity contribution < 1.29 is 22.8 Å². The summed E-state index contributed by atoms with van der Waals surface area (Å²) in [4.78, 5) is 45.4. The molecular weight excluding hydrogens is 532 g/mol. The molecule has 0 bridgehead atoms. The summed E-state index contributed by atoms with van der Waals surface area (Å²) in [6.07, 6.45) is 4.85. The predicted molar refractivity (Wildman–Crippen MR) is 142 cm³/mol. The molecule has 9 nitrogen and oxygen atoms in total. The van der Waals surface area contributed by atoms with Gasteiger partial charge >= 0.3 is 0 Å². The maximum Gasteiger partial charge on any atom is 0.284 e. The van der Waals surface area contributed by atoms with Gasteiger partial charge in [0.2, 0.25) is 0 Å². The van der Waals surface area contributed by atoms with Crippen LogP contribution in [0.1, 0.15) is 54.6 Å². The van der Waals surface area contributed by atoms with Crippen molar-refractivity contribution in [3.63, 3.8) is 0 Å². The Bertz CT molecular complexity index is 1380. The summed E-state index contributed by atoms with van der Waals surface area (Å²) in [5, 5.41) is 7.60. The number of sulfonamides is 1. The predicted octanol–water partition coefficient (Wildman–Crippen LogP) is 3.33. The van der Waals surface area contributed by atoms with Gasteiger partial charge in [0, 0.05) is 15.6 Å². The molecule has 1 atom stereocenters. The number of hydrogen-bond donors (Lipinski definition) is 2. The Morgan fingerprint density at radius 2 is 1.92 bits per heavy atom. The van der Waals surface area contributed by atoms with Gasteiger partial charge in [-0.1, -0.05) is 25.3 Å². The quantitative estimate of drug-likeness (QED) is 0.474. The maximum atomic E-state index is 14.4. The number of carbonyl (C=O) groups is 3. The maximum absolute atomic E-state index is 14.4. The van der Waals surface area contributed by atoms with Gasteiger partial charge < -0.3 is 10.6 Å². The van der Waals surface area contributed by atoms with Crippen molar-refractivity contribution in [2.24, 2.45) is 0 Å². The van der Waals surface area contributed by atoms with Crippen LogP contribution in [0.15, 0.2) is 46.9 Å². The minimum atomic E-state index is -4.47. The third-order valence-electron chi connectivity index (χ3n) is 6.98. The minimum absolute atomic E-state index is 0.0303. The van der Waals surface area contributed by atoms with E-state index in [1.807, 2.05) is 11.4 Å². The highest BCUT2D eigenvalue weighted by Crippen LogP contribution is 2.35. The average Bonchev–Trinajstić information content (AvgIpc) is 3.45. The van der Waals surface area contributed by atoms with E-state index in [4.69, 9.17) is 0 Å². The van der Waals surface area contributed by atoms with Crippen molar-refractivity contribution in [3.05, 3.63) is 46.8 Å². The average molecular weight is 561 g/mol. The number of nitrogens with zero attached hydrogens (tertiary/aromatic N) is 2. The molecule has 0 aromatic carbocycles. The van der Waals surface area contributed by atoms with E-state index in [0.29, 0.717) is 43.5 Å². The summed E-state index contributed by atoms with van der Waals surface area (Å²) in [6, 6.07) is 7.00. The molecule has 3 aromatic rings. The Morgan fingerprint density at radius 3 is 2.65 bits per heavy atom. The molecule has 2 aliphatic rings. The van der Waals surface area contributed by atoms with Gasteiger partial charge in [-0.05, 0) is 61.9 Å². The van der Waals surface area contributed by atoms with E-state index < -0.39 is 33.4 Å². The molecule has 0 radical (unpaired) electrons. The molecule has 12 heteroatoms. The van der Waals surface area contributed by atoms with Crippen molar-refractivity contribution in [3.8, 4) is 0 Å². The first-order chi connectivity index (χ1) is 17.8. The second kappa shape index (κ2) is 10.6. The van der Waals surface area contributed by atoms with Gasteiger partial charge in [-0.3, -0.25) is 14.4 Å². The first-order valence-corrected chi connectivity index (χ1v) is 15.5. The van der Waals surface area contributed by atoms with Crippen LogP contribution in [0.5, 0.6) is 0 Å². The Balaban J connectivity index is 1.56. The Morgan fingerprint density at radius 1 is 1.11 bits per heavy atom. The molecule has 2 N–H and O–H groups in total. The van der Waals surface area contributed by atoms with Gasteiger partial charge in [-0.15, -0.1) is 22.7 Å². The fourth-order valence-corrected chi connectivity index (χ4v) is 8.69. The Kier molecular flexibility index (Phi) is 7.44. The monoisotopic (exact) mass is 560 g/mol. The normalized spacial score (nSPS) is 20.3. The lowest BCUT2D eigenvalue weighted by molar-refractivity contribution is -0.140. The van der Waals surface area contributed by atoms with Crippen LogP contribution < -0.4 is 10.6 Å². The molecule has 1 saturated heterocycles. The zero-order chi connectivity index (χ0) is 26.0. The zero-order valence-corrected chi connectivity index (χ0v) is 22.6. The number of ketones is 1. The number of fused-ring (bicyclic) bond motifs is 1. The standard InChI is InChI=1S/C25H28N4O5S3/c30-18-16-26-12-6-7-17(18)29(37(33,34)22-8-2-5-13-27-22)24(32)25(10-3-1-4-11-25)28-23(31)21-15-20-19(36-21)9-14-35-20/h2,5,8-9,13-15,17,26H,1,3-4,6-7,10-12,16H2,(H,28,31). The second-order valence-corrected chi connectivity index (χ2v) is 13.2. The smallest absolute Gasteiger partial charge is 0.284 e. The fourth-order valence-electron chi connectivity index (χ4n) is 5.09. The summed E-state index contributed by atoms with van der Waals surface area (Å²) in [6.45, 7) is 0.517. The number of hydrogen-bond acceptors (Lipinski definition) is 9. The van der Waals surface area contributed by atoms with Crippen LogP contribution in [0.4, 0.5) is 0 Å². The van der Waals surface area contributed by atoms with Crippen LogP contribution >= 0.6 is 22.7 Å².